The van der Waals surface area contributed by atoms with Crippen molar-refractivity contribution in [1.29, 1.82) is 0 Å². The lowest BCUT2D eigenvalue weighted by Crippen LogP contribution is -2.39. The van der Waals surface area contributed by atoms with Crippen molar-refractivity contribution < 1.29 is 26.4 Å². The average molecular weight is 552 g/mol. The van der Waals surface area contributed by atoms with Crippen LogP contribution in [0.1, 0.15) is 93.1 Å². The van der Waals surface area contributed by atoms with Crippen molar-refractivity contribution in [2.45, 2.75) is 100 Å². The maximum Gasteiger partial charge on any atom is 0.416 e. The van der Waals surface area contributed by atoms with Crippen molar-refractivity contribution in [3.63, 3.8) is 0 Å². The summed E-state index contributed by atoms with van der Waals surface area (Å²) in [6.07, 6.45) is 2.88. The minimum Gasteiger partial charge on any atom is -0.349 e. The van der Waals surface area contributed by atoms with Gasteiger partial charge in [0.05, 0.1) is 16.5 Å². The third-order valence-corrected chi connectivity index (χ3v) is 9.06. The molecule has 0 heterocycles. The Morgan fingerprint density at radius 3 is 2.47 bits per heavy atom. The Balaban J connectivity index is 1.35. The molecule has 3 N–H and O–H groups in total. The lowest BCUT2D eigenvalue weighted by atomic mass is 9.85. The van der Waals surface area contributed by atoms with Crippen LogP contribution in [0.25, 0.3) is 0 Å². The van der Waals surface area contributed by atoms with E-state index >= 15 is 0 Å². The molecule has 4 rings (SSSR count). The van der Waals surface area contributed by atoms with Gasteiger partial charge in [-0.15, -0.1) is 0 Å². The highest BCUT2D eigenvalue weighted by Crippen LogP contribution is 2.33. The van der Waals surface area contributed by atoms with Gasteiger partial charge in [0.15, 0.2) is 0 Å². The fraction of sp³-hybridized carbons (Fsp3) is 0.536. The Morgan fingerprint density at radius 1 is 1.03 bits per heavy atom. The van der Waals surface area contributed by atoms with Gasteiger partial charge in [0, 0.05) is 24.5 Å². The molecular weight excluding hydrogens is 515 g/mol. The number of nitrogens with one attached hydrogen (secondary N) is 3. The molecule has 1 saturated carbocycles. The minimum absolute atomic E-state index is 0.134. The van der Waals surface area contributed by atoms with Gasteiger partial charge in [-0.05, 0) is 80.8 Å². The van der Waals surface area contributed by atoms with E-state index in [1.165, 1.54) is 43.7 Å². The van der Waals surface area contributed by atoms with Crippen molar-refractivity contribution in [3.8, 4) is 0 Å². The van der Waals surface area contributed by atoms with E-state index in [0.717, 1.165) is 43.0 Å². The lowest BCUT2D eigenvalue weighted by molar-refractivity contribution is -0.137. The number of carbonyl (C=O) groups excluding carboxylic acids is 1. The number of sulfonamides is 1. The van der Waals surface area contributed by atoms with Crippen molar-refractivity contribution in [2.75, 3.05) is 0 Å². The van der Waals surface area contributed by atoms with Crippen LogP contribution in [0, 0.1) is 0 Å². The smallest absolute Gasteiger partial charge is 0.349 e. The van der Waals surface area contributed by atoms with E-state index in [1.807, 2.05) is 0 Å². The first-order valence-corrected chi connectivity index (χ1v) is 14.8. The summed E-state index contributed by atoms with van der Waals surface area (Å²) in [4.78, 5) is 12.3. The molecule has 3 atom stereocenters. The number of amides is 1. The zero-order valence-corrected chi connectivity index (χ0v) is 22.6. The molecule has 0 saturated heterocycles. The molecule has 38 heavy (non-hydrogen) atoms. The number of aryl methyl sites for hydroxylation is 1. The second-order valence-corrected chi connectivity index (χ2v) is 12.3. The molecule has 0 spiro atoms. The quantitative estimate of drug-likeness (QED) is 0.382. The van der Waals surface area contributed by atoms with Crippen LogP contribution in [0.2, 0.25) is 0 Å². The number of alkyl halides is 3. The zero-order chi connectivity index (χ0) is 27.5. The molecule has 2 aromatic rings. The Bertz CT molecular complexity index is 1240. The van der Waals surface area contributed by atoms with Crippen LogP contribution in [0.5, 0.6) is 0 Å². The Kier molecular flexibility index (Phi) is 8.84. The summed E-state index contributed by atoms with van der Waals surface area (Å²) in [5.41, 5.74) is 2.49. The van der Waals surface area contributed by atoms with Crippen LogP contribution in [0.3, 0.4) is 0 Å². The molecule has 0 radical (unpaired) electrons. The first-order chi connectivity index (χ1) is 17.9. The van der Waals surface area contributed by atoms with E-state index in [1.54, 1.807) is 0 Å². The molecule has 2 aliphatic rings. The first kappa shape index (κ1) is 28.6. The van der Waals surface area contributed by atoms with Crippen molar-refractivity contribution in [2.24, 2.45) is 0 Å². The topological polar surface area (TPSA) is 87.3 Å². The van der Waals surface area contributed by atoms with Crippen LogP contribution in [-0.4, -0.2) is 26.4 Å². The average Bonchev–Trinajstić information content (AvgIpc) is 3.36. The Labute approximate surface area is 222 Å². The van der Waals surface area contributed by atoms with Gasteiger partial charge in [0.25, 0.3) is 0 Å². The summed E-state index contributed by atoms with van der Waals surface area (Å²) in [5.74, 6) is -0.317. The van der Waals surface area contributed by atoms with Gasteiger partial charge in [0.2, 0.25) is 15.9 Å². The number of hydrogen-bond donors (Lipinski definition) is 3. The maximum absolute atomic E-state index is 13.0. The van der Waals surface area contributed by atoms with Crippen LogP contribution in [0.15, 0.2) is 47.4 Å². The predicted octanol–water partition coefficient (Wildman–Crippen LogP) is 5.55. The van der Waals surface area contributed by atoms with Gasteiger partial charge in [-0.1, -0.05) is 37.1 Å². The Hall–Kier alpha value is -2.43. The highest BCUT2D eigenvalue weighted by Gasteiger charge is 2.32. The van der Waals surface area contributed by atoms with Crippen LogP contribution >= 0.6 is 0 Å². The SMILES string of the molecule is C[C@H](NC1CCCC1)c1ccc2c(c1)CCC[C@H]2NC(=O)C[C@H](C)NS(=O)(=O)c1cccc(C(F)(F)F)c1. The number of benzene rings is 2. The fourth-order valence-electron chi connectivity index (χ4n) is 5.54. The Morgan fingerprint density at radius 2 is 1.76 bits per heavy atom. The summed E-state index contributed by atoms with van der Waals surface area (Å²) in [5, 5.41) is 6.76. The van der Waals surface area contributed by atoms with E-state index in [4.69, 9.17) is 0 Å². The highest BCUT2D eigenvalue weighted by molar-refractivity contribution is 7.89. The molecule has 10 heteroatoms. The van der Waals surface area contributed by atoms with Gasteiger partial charge < -0.3 is 10.6 Å². The predicted molar refractivity (Wildman–Crippen MR) is 140 cm³/mol. The molecular formula is C28H36F3N3O3S. The zero-order valence-electron chi connectivity index (χ0n) is 21.8. The molecule has 0 aliphatic heterocycles. The monoisotopic (exact) mass is 551 g/mol. The van der Waals surface area contributed by atoms with Crippen molar-refractivity contribution >= 4 is 15.9 Å². The van der Waals surface area contributed by atoms with E-state index < -0.39 is 32.7 Å². The maximum atomic E-state index is 13.0. The summed E-state index contributed by atoms with van der Waals surface area (Å²) in [7, 11) is -4.23. The fourth-order valence-corrected chi connectivity index (χ4v) is 6.83. The molecule has 0 bridgehead atoms. The van der Waals surface area contributed by atoms with Crippen LogP contribution in [-0.2, 0) is 27.4 Å². The molecule has 1 amide bonds. The van der Waals surface area contributed by atoms with Gasteiger partial charge in [-0.3, -0.25) is 4.79 Å². The third kappa shape index (κ3) is 7.15. The van der Waals surface area contributed by atoms with E-state index in [-0.39, 0.29) is 24.4 Å². The second-order valence-electron chi connectivity index (χ2n) is 10.6. The third-order valence-electron chi connectivity index (χ3n) is 7.48. The lowest BCUT2D eigenvalue weighted by Gasteiger charge is -2.28. The first-order valence-electron chi connectivity index (χ1n) is 13.3. The number of hydrogen-bond acceptors (Lipinski definition) is 4. The molecule has 0 unspecified atom stereocenters. The number of halogens is 3. The van der Waals surface area contributed by atoms with Crippen LogP contribution < -0.4 is 15.4 Å². The molecule has 1 fully saturated rings. The normalized spacial score (nSPS) is 20.1. The molecule has 208 valence electrons. The van der Waals surface area contributed by atoms with Gasteiger partial charge in [-0.25, -0.2) is 13.1 Å². The number of carbonyl (C=O) groups is 1. The summed E-state index contributed by atoms with van der Waals surface area (Å²) >= 11 is 0. The molecule has 2 aromatic carbocycles. The van der Waals surface area contributed by atoms with Crippen molar-refractivity contribution in [1.82, 2.24) is 15.4 Å². The highest BCUT2D eigenvalue weighted by atomic mass is 32.2. The van der Waals surface area contributed by atoms with Crippen LogP contribution in [0.4, 0.5) is 13.2 Å². The van der Waals surface area contributed by atoms with Gasteiger partial charge >= 0.3 is 6.18 Å². The largest absolute Gasteiger partial charge is 0.416 e. The molecule has 0 aromatic heterocycles. The minimum atomic E-state index is -4.65. The molecule has 6 nitrogen and oxygen atoms in total. The van der Waals surface area contributed by atoms with E-state index in [0.29, 0.717) is 12.1 Å². The summed E-state index contributed by atoms with van der Waals surface area (Å²) < 4.78 is 66.6. The second kappa shape index (κ2) is 11.8. The van der Waals surface area contributed by atoms with E-state index in [2.05, 4.69) is 40.5 Å². The van der Waals surface area contributed by atoms with Gasteiger partial charge in [-0.2, -0.15) is 13.2 Å². The van der Waals surface area contributed by atoms with Crippen molar-refractivity contribution in [3.05, 3.63) is 64.7 Å². The standard InChI is InChI=1S/C28H36F3N3O3S/c1-18(34-38(36,37)24-11-6-8-22(17-24)28(29,30)31)15-27(35)33-26-12-5-7-21-16-20(13-14-25(21)26)19(2)32-23-9-3-4-10-23/h6,8,11,13-14,16-19,23,26,32,34H,3-5,7,9-10,12,15H2,1-2H3,(H,33,35)/t18-,19-,26+/m0/s1. The number of fused-ring (bicyclic) bond motifs is 1. The summed E-state index contributed by atoms with van der Waals surface area (Å²) in [6.45, 7) is 3.70. The summed E-state index contributed by atoms with van der Waals surface area (Å²) in [6, 6.07) is 9.84. The molecule has 2 aliphatic carbocycles. The number of rotatable bonds is 9. The van der Waals surface area contributed by atoms with Gasteiger partial charge in [0.1, 0.15) is 0 Å². The van der Waals surface area contributed by atoms with E-state index in [9.17, 15) is 26.4 Å².